The van der Waals surface area contributed by atoms with E-state index in [4.69, 9.17) is 5.21 Å². The van der Waals surface area contributed by atoms with Crippen molar-refractivity contribution < 1.29 is 14.3 Å². The number of nitrogens with zero attached hydrogens (tertiary/aromatic N) is 2. The van der Waals surface area contributed by atoms with E-state index >= 15 is 0 Å². The Morgan fingerprint density at radius 2 is 2.06 bits per heavy atom. The molecule has 0 unspecified atom stereocenters. The van der Waals surface area contributed by atoms with Crippen molar-refractivity contribution in [1.82, 2.24) is 0 Å². The maximum absolute atomic E-state index is 12.8. The van der Waals surface area contributed by atoms with Crippen LogP contribution in [-0.2, 0) is 0 Å². The monoisotopic (exact) mass is 250 g/mol. The van der Waals surface area contributed by atoms with E-state index in [1.807, 2.05) is 0 Å². The van der Waals surface area contributed by atoms with Gasteiger partial charge in [-0.15, -0.1) is 0 Å². The van der Waals surface area contributed by atoms with Gasteiger partial charge in [0.25, 0.3) is 0 Å². The molecule has 0 radical (unpaired) electrons. The third-order valence-electron chi connectivity index (χ3n) is 2.45. The minimum Gasteiger partial charge on any atom is -0.623 e. The first kappa shape index (κ1) is 13.9. The fourth-order valence-corrected chi connectivity index (χ4v) is 1.42. The van der Waals surface area contributed by atoms with Gasteiger partial charge in [0.15, 0.2) is 11.9 Å². The predicted molar refractivity (Wildman–Crippen MR) is 68.7 cm³/mol. The van der Waals surface area contributed by atoms with E-state index < -0.39 is 6.04 Å². The molecule has 1 N–H and O–H groups in total. The van der Waals surface area contributed by atoms with E-state index in [0.29, 0.717) is 10.3 Å². The van der Waals surface area contributed by atoms with Gasteiger partial charge in [-0.3, -0.25) is 0 Å². The molecule has 0 fully saturated rings. The molecule has 1 atom stereocenters. The van der Waals surface area contributed by atoms with Crippen molar-refractivity contribution in [3.05, 3.63) is 53.0 Å². The molecule has 0 saturated carbocycles. The number of benzene rings is 1. The number of allylic oxidation sites excluding steroid dienone is 2. The summed E-state index contributed by atoms with van der Waals surface area (Å²) in [5.41, 5.74) is 0.687. The van der Waals surface area contributed by atoms with Crippen LogP contribution >= 0.6 is 0 Å². The molecule has 18 heavy (non-hydrogen) atoms. The largest absolute Gasteiger partial charge is 0.623 e. The number of hydrogen-bond donors (Lipinski definition) is 1. The normalized spacial score (nSPS) is 15.1. The van der Waals surface area contributed by atoms with Crippen molar-refractivity contribution in [3.8, 4) is 0 Å². The van der Waals surface area contributed by atoms with E-state index in [1.54, 1.807) is 26.0 Å². The lowest BCUT2D eigenvalue weighted by molar-refractivity contribution is -0.471. The molecule has 0 aliphatic rings. The van der Waals surface area contributed by atoms with Gasteiger partial charge in [0.1, 0.15) is 5.82 Å². The lowest BCUT2D eigenvalue weighted by atomic mass is 10.0. The van der Waals surface area contributed by atoms with Gasteiger partial charge in [-0.2, -0.15) is 0 Å². The maximum Gasteiger partial charge on any atom is 0.206 e. The Kier molecular flexibility index (Phi) is 5.05. The molecule has 96 valence electrons. The molecular formula is C13H15FN2O2. The highest BCUT2D eigenvalue weighted by Crippen LogP contribution is 2.08. The van der Waals surface area contributed by atoms with Crippen LogP contribution in [-0.4, -0.2) is 27.9 Å². The van der Waals surface area contributed by atoms with Crippen LogP contribution in [0.5, 0.6) is 0 Å². The summed E-state index contributed by atoms with van der Waals surface area (Å²) >= 11 is 0. The molecule has 5 heteroatoms. The zero-order valence-corrected chi connectivity index (χ0v) is 10.2. The number of halogens is 1. The van der Waals surface area contributed by atoms with Crippen LogP contribution in [0.1, 0.15) is 19.4 Å². The van der Waals surface area contributed by atoms with Gasteiger partial charge >= 0.3 is 0 Å². The highest BCUT2D eigenvalue weighted by atomic mass is 19.1. The number of rotatable bonds is 4. The molecule has 1 aromatic rings. The smallest absolute Gasteiger partial charge is 0.206 e. The van der Waals surface area contributed by atoms with Gasteiger partial charge < -0.3 is 10.4 Å². The van der Waals surface area contributed by atoms with Crippen LogP contribution in [0.3, 0.4) is 0 Å². The van der Waals surface area contributed by atoms with Gasteiger partial charge in [0, 0.05) is 12.5 Å². The second kappa shape index (κ2) is 6.54. The number of hydrogen-bond acceptors (Lipinski definition) is 3. The molecule has 0 amide bonds. The van der Waals surface area contributed by atoms with Crippen molar-refractivity contribution in [2.45, 2.75) is 19.9 Å². The van der Waals surface area contributed by atoms with Gasteiger partial charge in [0.05, 0.1) is 0 Å². The highest BCUT2D eigenvalue weighted by Gasteiger charge is 2.20. The summed E-state index contributed by atoms with van der Waals surface area (Å²) in [7, 11) is 0. The molecule has 4 nitrogen and oxygen atoms in total. The predicted octanol–water partition coefficient (Wildman–Crippen LogP) is 2.55. The van der Waals surface area contributed by atoms with E-state index in [2.05, 4.69) is 5.16 Å². The van der Waals surface area contributed by atoms with E-state index in [0.717, 1.165) is 0 Å². The molecular weight excluding hydrogens is 235 g/mol. The molecule has 0 spiro atoms. The molecule has 0 saturated heterocycles. The molecule has 0 heterocycles. The summed E-state index contributed by atoms with van der Waals surface area (Å²) in [5, 5.41) is 23.8. The van der Waals surface area contributed by atoms with Crippen molar-refractivity contribution in [1.29, 1.82) is 0 Å². The first-order chi connectivity index (χ1) is 8.60. The fraction of sp³-hybridized carbons (Fsp3) is 0.231. The highest BCUT2D eigenvalue weighted by molar-refractivity contribution is 6.03. The van der Waals surface area contributed by atoms with Gasteiger partial charge in [-0.25, -0.2) is 9.13 Å². The number of hydroxylamine groups is 1. The summed E-state index contributed by atoms with van der Waals surface area (Å²) in [6.07, 6.45) is 4.63. The Balaban J connectivity index is 3.01. The SMILES string of the molecule is C/C=C/C=[N+](\[O-])[C@H](C)/C(=N\O)c1ccc(F)cc1. The zero-order valence-electron chi connectivity index (χ0n) is 10.2. The van der Waals surface area contributed by atoms with Crippen LogP contribution < -0.4 is 0 Å². The fourth-order valence-electron chi connectivity index (χ4n) is 1.42. The first-order valence-electron chi connectivity index (χ1n) is 5.49. The van der Waals surface area contributed by atoms with E-state index in [1.165, 1.54) is 30.5 Å². The quantitative estimate of drug-likeness (QED) is 0.293. The summed E-state index contributed by atoms with van der Waals surface area (Å²) < 4.78 is 13.5. The number of oxime groups is 1. The van der Waals surface area contributed by atoms with Crippen LogP contribution in [0.4, 0.5) is 4.39 Å². The van der Waals surface area contributed by atoms with E-state index in [-0.39, 0.29) is 11.5 Å². The minimum atomic E-state index is -0.670. The van der Waals surface area contributed by atoms with Gasteiger partial charge in [0.2, 0.25) is 6.04 Å². The molecule has 1 rings (SSSR count). The van der Waals surface area contributed by atoms with Gasteiger partial charge in [-0.1, -0.05) is 11.2 Å². The Morgan fingerprint density at radius 1 is 1.44 bits per heavy atom. The third kappa shape index (κ3) is 3.41. The third-order valence-corrected chi connectivity index (χ3v) is 2.45. The van der Waals surface area contributed by atoms with Gasteiger partial charge in [-0.05, 0) is 37.3 Å². The molecule has 0 aromatic heterocycles. The van der Waals surface area contributed by atoms with Crippen LogP contribution in [0.2, 0.25) is 0 Å². The average molecular weight is 250 g/mol. The topological polar surface area (TPSA) is 58.7 Å². The summed E-state index contributed by atoms with van der Waals surface area (Å²) in [5.74, 6) is -0.386. The zero-order chi connectivity index (χ0) is 13.5. The van der Waals surface area contributed by atoms with Crippen molar-refractivity contribution in [2.24, 2.45) is 5.16 Å². The molecule has 0 bridgehead atoms. The minimum absolute atomic E-state index is 0.186. The van der Waals surface area contributed by atoms with Crippen molar-refractivity contribution in [3.63, 3.8) is 0 Å². The van der Waals surface area contributed by atoms with Crippen molar-refractivity contribution in [2.75, 3.05) is 0 Å². The Bertz CT molecular complexity index is 478. The Morgan fingerprint density at radius 3 is 2.56 bits per heavy atom. The van der Waals surface area contributed by atoms with Crippen LogP contribution in [0, 0.1) is 11.0 Å². The molecule has 1 aromatic carbocycles. The first-order valence-corrected chi connectivity index (χ1v) is 5.49. The summed E-state index contributed by atoms with van der Waals surface area (Å²) in [4.78, 5) is 0. The summed E-state index contributed by atoms with van der Waals surface area (Å²) in [6, 6.07) is 4.75. The Labute approximate surface area is 105 Å². The van der Waals surface area contributed by atoms with E-state index in [9.17, 15) is 9.60 Å². The second-order valence-corrected chi connectivity index (χ2v) is 3.70. The van der Waals surface area contributed by atoms with Crippen LogP contribution in [0.25, 0.3) is 0 Å². The lowest BCUT2D eigenvalue weighted by Gasteiger charge is -2.13. The average Bonchev–Trinajstić information content (AvgIpc) is 2.38. The molecule has 0 aliphatic carbocycles. The van der Waals surface area contributed by atoms with Crippen molar-refractivity contribution >= 4 is 11.9 Å². The van der Waals surface area contributed by atoms with Crippen LogP contribution in [0.15, 0.2) is 41.6 Å². The maximum atomic E-state index is 12.8. The summed E-state index contributed by atoms with van der Waals surface area (Å²) in [6.45, 7) is 3.39. The Hall–Kier alpha value is -2.17. The standard InChI is InChI=1S/C13H15FN2O2/c1-3-4-9-16(18)10(2)13(15-17)11-5-7-12(14)8-6-11/h3-10,17H,1-2H3/b4-3+,15-13+,16-9-/t10-/m1/s1. The second-order valence-electron chi connectivity index (χ2n) is 3.70. The lowest BCUT2D eigenvalue weighted by Crippen LogP contribution is -2.29. The molecule has 0 aliphatic heterocycles.